The molecule has 0 fully saturated rings. The SMILES string of the molecule is FC(F)(F)c1ccc(C2=CC=C(c3ccc4c(c3)OCO4)C2)cc1. The molecule has 0 saturated heterocycles. The first-order valence-corrected chi connectivity index (χ1v) is 7.48. The fourth-order valence-electron chi connectivity index (χ4n) is 2.89. The van der Waals surface area contributed by atoms with Crippen molar-refractivity contribution in [2.45, 2.75) is 12.6 Å². The van der Waals surface area contributed by atoms with Crippen LogP contribution < -0.4 is 9.47 Å². The molecular weight excluding hydrogens is 317 g/mol. The predicted molar refractivity (Wildman–Crippen MR) is 84.6 cm³/mol. The summed E-state index contributed by atoms with van der Waals surface area (Å²) < 4.78 is 48.6. The van der Waals surface area contributed by atoms with E-state index < -0.39 is 11.7 Å². The zero-order chi connectivity index (χ0) is 16.7. The van der Waals surface area contributed by atoms with E-state index in [1.54, 1.807) is 0 Å². The standard InChI is InChI=1S/C19H13F3O2/c20-19(21,22)16-6-3-12(4-7-16)13-1-2-14(9-13)15-5-8-17-18(10-15)24-11-23-17/h1-8,10H,9,11H2. The summed E-state index contributed by atoms with van der Waals surface area (Å²) in [5, 5.41) is 0. The molecule has 2 aliphatic rings. The lowest BCUT2D eigenvalue weighted by Crippen LogP contribution is -2.04. The summed E-state index contributed by atoms with van der Waals surface area (Å²) in [6, 6.07) is 11.0. The molecule has 0 atom stereocenters. The molecule has 122 valence electrons. The lowest BCUT2D eigenvalue weighted by molar-refractivity contribution is -0.137. The van der Waals surface area contributed by atoms with Crippen molar-refractivity contribution in [2.24, 2.45) is 0 Å². The third-order valence-electron chi connectivity index (χ3n) is 4.19. The van der Waals surface area contributed by atoms with Crippen molar-refractivity contribution in [3.05, 3.63) is 71.3 Å². The van der Waals surface area contributed by atoms with Crippen molar-refractivity contribution in [3.63, 3.8) is 0 Å². The van der Waals surface area contributed by atoms with Crippen LogP contribution in [-0.4, -0.2) is 6.79 Å². The molecule has 0 radical (unpaired) electrons. The number of rotatable bonds is 2. The van der Waals surface area contributed by atoms with Crippen LogP contribution in [0.1, 0.15) is 23.1 Å². The molecule has 0 spiro atoms. The number of benzene rings is 2. The molecular formula is C19H13F3O2. The van der Waals surface area contributed by atoms with E-state index in [1.165, 1.54) is 12.1 Å². The van der Waals surface area contributed by atoms with Gasteiger partial charge in [-0.3, -0.25) is 0 Å². The molecule has 2 aromatic carbocycles. The van der Waals surface area contributed by atoms with Gasteiger partial charge in [-0.1, -0.05) is 30.4 Å². The Kier molecular flexibility index (Phi) is 3.37. The zero-order valence-electron chi connectivity index (χ0n) is 12.6. The van der Waals surface area contributed by atoms with Crippen LogP contribution in [0.2, 0.25) is 0 Å². The Morgan fingerprint density at radius 3 is 2.08 bits per heavy atom. The highest BCUT2D eigenvalue weighted by Crippen LogP contribution is 2.39. The number of allylic oxidation sites excluding steroid dienone is 4. The number of hydrogen-bond acceptors (Lipinski definition) is 2. The quantitative estimate of drug-likeness (QED) is 0.743. The van der Waals surface area contributed by atoms with Gasteiger partial charge in [-0.25, -0.2) is 0 Å². The molecule has 0 aromatic heterocycles. The largest absolute Gasteiger partial charge is 0.454 e. The maximum absolute atomic E-state index is 12.6. The smallest absolute Gasteiger partial charge is 0.416 e. The topological polar surface area (TPSA) is 18.5 Å². The average Bonchev–Trinajstić information content (AvgIpc) is 3.22. The molecule has 0 saturated carbocycles. The van der Waals surface area contributed by atoms with E-state index in [-0.39, 0.29) is 6.79 Å². The molecule has 0 bridgehead atoms. The van der Waals surface area contributed by atoms with E-state index in [4.69, 9.17) is 9.47 Å². The van der Waals surface area contributed by atoms with E-state index in [2.05, 4.69) is 0 Å². The lowest BCUT2D eigenvalue weighted by Gasteiger charge is -2.09. The van der Waals surface area contributed by atoms with Gasteiger partial charge in [0.25, 0.3) is 0 Å². The van der Waals surface area contributed by atoms with Gasteiger partial charge in [0.05, 0.1) is 5.56 Å². The van der Waals surface area contributed by atoms with Crippen LogP contribution >= 0.6 is 0 Å². The van der Waals surface area contributed by atoms with Gasteiger partial charge in [0, 0.05) is 0 Å². The summed E-state index contributed by atoms with van der Waals surface area (Å²) in [7, 11) is 0. The summed E-state index contributed by atoms with van der Waals surface area (Å²) in [5.41, 5.74) is 3.29. The summed E-state index contributed by atoms with van der Waals surface area (Å²) in [6.45, 7) is 0.229. The fraction of sp³-hybridized carbons (Fsp3) is 0.158. The van der Waals surface area contributed by atoms with Crippen LogP contribution in [-0.2, 0) is 6.18 Å². The second-order valence-electron chi connectivity index (χ2n) is 5.70. The van der Waals surface area contributed by atoms with Gasteiger partial charge in [0.15, 0.2) is 11.5 Å². The third-order valence-corrected chi connectivity index (χ3v) is 4.19. The average molecular weight is 330 g/mol. The Bertz CT molecular complexity index is 846. The molecule has 24 heavy (non-hydrogen) atoms. The normalized spacial score (nSPS) is 16.1. The summed E-state index contributed by atoms with van der Waals surface area (Å²) in [6.07, 6.45) is 0.302. The van der Waals surface area contributed by atoms with Crippen LogP contribution in [0.4, 0.5) is 13.2 Å². The summed E-state index contributed by atoms with van der Waals surface area (Å²) in [4.78, 5) is 0. The molecule has 1 aliphatic carbocycles. The minimum absolute atomic E-state index is 0.229. The van der Waals surface area contributed by atoms with Crippen LogP contribution in [0, 0.1) is 0 Å². The molecule has 0 N–H and O–H groups in total. The van der Waals surface area contributed by atoms with Gasteiger partial charge in [-0.2, -0.15) is 13.2 Å². The van der Waals surface area contributed by atoms with Crippen molar-refractivity contribution >= 4 is 11.1 Å². The highest BCUT2D eigenvalue weighted by atomic mass is 19.4. The first kappa shape index (κ1) is 14.9. The second kappa shape index (κ2) is 5.44. The number of alkyl halides is 3. The molecule has 0 unspecified atom stereocenters. The molecule has 5 heteroatoms. The number of ether oxygens (including phenoxy) is 2. The van der Waals surface area contributed by atoms with Gasteiger partial charge in [-0.15, -0.1) is 0 Å². The van der Waals surface area contributed by atoms with Crippen molar-refractivity contribution in [2.75, 3.05) is 6.79 Å². The highest BCUT2D eigenvalue weighted by molar-refractivity contribution is 5.87. The lowest BCUT2D eigenvalue weighted by atomic mass is 9.98. The van der Waals surface area contributed by atoms with Crippen LogP contribution in [0.15, 0.2) is 54.6 Å². The maximum Gasteiger partial charge on any atom is 0.416 e. The van der Waals surface area contributed by atoms with E-state index >= 15 is 0 Å². The molecule has 2 aromatic rings. The molecule has 1 aliphatic heterocycles. The van der Waals surface area contributed by atoms with E-state index in [0.29, 0.717) is 6.42 Å². The Morgan fingerprint density at radius 2 is 1.38 bits per heavy atom. The Hall–Kier alpha value is -2.69. The first-order valence-electron chi connectivity index (χ1n) is 7.48. The van der Waals surface area contributed by atoms with Crippen LogP contribution in [0.3, 0.4) is 0 Å². The third kappa shape index (κ3) is 2.66. The minimum atomic E-state index is -4.31. The molecule has 4 rings (SSSR count). The second-order valence-corrected chi connectivity index (χ2v) is 5.70. The highest BCUT2D eigenvalue weighted by Gasteiger charge is 2.30. The van der Waals surface area contributed by atoms with Crippen molar-refractivity contribution < 1.29 is 22.6 Å². The number of hydrogen-bond donors (Lipinski definition) is 0. The van der Waals surface area contributed by atoms with Crippen molar-refractivity contribution in [3.8, 4) is 11.5 Å². The monoisotopic (exact) mass is 330 g/mol. The molecule has 0 amide bonds. The predicted octanol–water partition coefficient (Wildman–Crippen LogP) is 5.30. The van der Waals surface area contributed by atoms with E-state index in [1.807, 2.05) is 30.4 Å². The minimum Gasteiger partial charge on any atom is -0.454 e. The van der Waals surface area contributed by atoms with E-state index in [9.17, 15) is 13.2 Å². The van der Waals surface area contributed by atoms with Gasteiger partial charge in [0.2, 0.25) is 6.79 Å². The van der Waals surface area contributed by atoms with Gasteiger partial charge < -0.3 is 9.47 Å². The summed E-state index contributed by atoms with van der Waals surface area (Å²) >= 11 is 0. The fourth-order valence-corrected chi connectivity index (χ4v) is 2.89. The van der Waals surface area contributed by atoms with Gasteiger partial charge in [-0.05, 0) is 53.0 Å². The Labute approximate surface area is 136 Å². The Morgan fingerprint density at radius 1 is 0.750 bits per heavy atom. The van der Waals surface area contributed by atoms with Crippen LogP contribution in [0.5, 0.6) is 11.5 Å². The first-order chi connectivity index (χ1) is 11.5. The Balaban J connectivity index is 1.51. The number of fused-ring (bicyclic) bond motifs is 1. The van der Waals surface area contributed by atoms with Gasteiger partial charge in [0.1, 0.15) is 0 Å². The van der Waals surface area contributed by atoms with Crippen LogP contribution in [0.25, 0.3) is 11.1 Å². The molecule has 1 heterocycles. The number of halogens is 3. The van der Waals surface area contributed by atoms with Crippen molar-refractivity contribution in [1.82, 2.24) is 0 Å². The van der Waals surface area contributed by atoms with Gasteiger partial charge >= 0.3 is 6.18 Å². The summed E-state index contributed by atoms with van der Waals surface area (Å²) in [5.74, 6) is 1.45. The van der Waals surface area contributed by atoms with Crippen molar-refractivity contribution in [1.29, 1.82) is 0 Å². The maximum atomic E-state index is 12.6. The zero-order valence-corrected chi connectivity index (χ0v) is 12.6. The van der Waals surface area contributed by atoms with E-state index in [0.717, 1.165) is 45.9 Å². The molecule has 2 nitrogen and oxygen atoms in total.